The maximum absolute atomic E-state index is 12.9. The van der Waals surface area contributed by atoms with Crippen molar-refractivity contribution in [3.63, 3.8) is 0 Å². The molecule has 0 aliphatic rings. The highest BCUT2D eigenvalue weighted by Crippen LogP contribution is 2.27. The molecular weight excluding hydrogens is 335 g/mol. The van der Waals surface area contributed by atoms with Crippen LogP contribution in [0.3, 0.4) is 0 Å². The third kappa shape index (κ3) is 2.75. The van der Waals surface area contributed by atoms with E-state index < -0.39 is 12.0 Å². The first kappa shape index (κ1) is 15.4. The van der Waals surface area contributed by atoms with Crippen molar-refractivity contribution in [2.24, 2.45) is 0 Å². The van der Waals surface area contributed by atoms with E-state index >= 15 is 0 Å². The predicted molar refractivity (Wildman–Crippen MR) is 83.9 cm³/mol. The molecule has 0 radical (unpaired) electrons. The Morgan fingerprint density at radius 3 is 2.76 bits per heavy atom. The third-order valence-corrected chi connectivity index (χ3v) is 3.72. The van der Waals surface area contributed by atoms with E-state index in [0.717, 1.165) is 16.6 Å². The average molecular weight is 347 g/mol. The molecule has 0 fully saturated rings. The van der Waals surface area contributed by atoms with Crippen LogP contribution in [0.15, 0.2) is 30.3 Å². The Balaban J connectivity index is 1.60. The van der Waals surface area contributed by atoms with Crippen molar-refractivity contribution in [2.45, 2.75) is 19.6 Å². The van der Waals surface area contributed by atoms with E-state index in [1.165, 1.54) is 12.1 Å². The molecule has 0 unspecified atom stereocenters. The zero-order chi connectivity index (χ0) is 17.6. The van der Waals surface area contributed by atoms with Gasteiger partial charge in [0.1, 0.15) is 11.6 Å². The summed E-state index contributed by atoms with van der Waals surface area (Å²) >= 11 is 0. The Morgan fingerprint density at radius 1 is 1.16 bits per heavy atom. The molecule has 0 amide bonds. The van der Waals surface area contributed by atoms with Crippen LogP contribution in [0.25, 0.3) is 16.7 Å². The molecule has 3 heterocycles. The first-order chi connectivity index (χ1) is 11.9. The molecule has 0 aliphatic carbocycles. The van der Waals surface area contributed by atoms with Crippen LogP contribution >= 0.6 is 0 Å². The number of hydrogen-bond acceptors (Lipinski definition) is 5. The highest BCUT2D eigenvalue weighted by Gasteiger charge is 2.37. The second-order valence-corrected chi connectivity index (χ2v) is 5.52. The topological polar surface area (TPSA) is 83.8 Å². The summed E-state index contributed by atoms with van der Waals surface area (Å²) in [5, 5.41) is 13.5. The second-order valence-electron chi connectivity index (χ2n) is 5.52. The standard InChI is InChI=1S/C15H12F3N7/c1-8-3-2-4-9-13(8)21-11(20-9)7-19-10-5-6-12-22-23-14(15(16,17)18)25(12)24-10/h2-6H,7H2,1H3,(H,19,24)(H,20,21). The number of nitrogens with zero attached hydrogens (tertiary/aromatic N) is 5. The number of aryl methyl sites for hydroxylation is 1. The first-order valence-electron chi connectivity index (χ1n) is 7.39. The van der Waals surface area contributed by atoms with Gasteiger partial charge in [-0.3, -0.25) is 0 Å². The molecule has 1 aromatic carbocycles. The zero-order valence-electron chi connectivity index (χ0n) is 13.0. The number of para-hydroxylation sites is 1. The molecule has 3 aromatic heterocycles. The third-order valence-electron chi connectivity index (χ3n) is 3.72. The first-order valence-corrected chi connectivity index (χ1v) is 7.39. The molecule has 10 heteroatoms. The van der Waals surface area contributed by atoms with Crippen LogP contribution < -0.4 is 5.32 Å². The molecule has 2 N–H and O–H groups in total. The smallest absolute Gasteiger partial charge is 0.361 e. The number of fused-ring (bicyclic) bond motifs is 2. The fraction of sp³-hybridized carbons (Fsp3) is 0.200. The number of imidazole rings is 1. The molecule has 7 nitrogen and oxygen atoms in total. The van der Waals surface area contributed by atoms with Gasteiger partial charge in [-0.1, -0.05) is 12.1 Å². The van der Waals surface area contributed by atoms with Crippen molar-refractivity contribution in [3.8, 4) is 0 Å². The SMILES string of the molecule is Cc1cccc2[nH]c(CNc3ccc4nnc(C(F)(F)F)n4n3)nc12. The van der Waals surface area contributed by atoms with Crippen molar-refractivity contribution in [2.75, 3.05) is 5.32 Å². The Bertz CT molecular complexity index is 1060. The summed E-state index contributed by atoms with van der Waals surface area (Å²) in [5.41, 5.74) is 2.83. The molecular formula is C15H12F3N7. The number of hydrogen-bond donors (Lipinski definition) is 2. The Morgan fingerprint density at radius 2 is 2.00 bits per heavy atom. The molecule has 0 atom stereocenters. The van der Waals surface area contributed by atoms with Crippen molar-refractivity contribution in [3.05, 3.63) is 47.5 Å². The molecule has 4 rings (SSSR count). The van der Waals surface area contributed by atoms with Gasteiger partial charge in [0.15, 0.2) is 5.65 Å². The molecule has 4 aromatic rings. The number of aromatic nitrogens is 6. The largest absolute Gasteiger partial charge is 0.453 e. The Hall–Kier alpha value is -3.17. The lowest BCUT2D eigenvalue weighted by molar-refractivity contribution is -0.146. The van der Waals surface area contributed by atoms with E-state index in [2.05, 4.69) is 30.6 Å². The van der Waals surface area contributed by atoms with Gasteiger partial charge < -0.3 is 10.3 Å². The van der Waals surface area contributed by atoms with Gasteiger partial charge in [-0.2, -0.15) is 17.7 Å². The van der Waals surface area contributed by atoms with E-state index in [1.807, 2.05) is 25.1 Å². The van der Waals surface area contributed by atoms with Gasteiger partial charge in [0.25, 0.3) is 5.82 Å². The number of benzene rings is 1. The molecule has 0 saturated heterocycles. The van der Waals surface area contributed by atoms with E-state index in [-0.39, 0.29) is 18.0 Å². The van der Waals surface area contributed by atoms with Gasteiger partial charge in [0.05, 0.1) is 17.6 Å². The predicted octanol–water partition coefficient (Wildman–Crippen LogP) is 2.94. The van der Waals surface area contributed by atoms with E-state index in [4.69, 9.17) is 0 Å². The summed E-state index contributed by atoms with van der Waals surface area (Å²) in [4.78, 5) is 7.64. The van der Waals surface area contributed by atoms with Crippen LogP contribution in [0.2, 0.25) is 0 Å². The molecule has 0 saturated carbocycles. The molecule has 0 aliphatic heterocycles. The fourth-order valence-corrected chi connectivity index (χ4v) is 2.54. The van der Waals surface area contributed by atoms with Crippen molar-refractivity contribution in [1.29, 1.82) is 0 Å². The highest BCUT2D eigenvalue weighted by molar-refractivity contribution is 5.78. The van der Waals surface area contributed by atoms with Gasteiger partial charge in [-0.05, 0) is 30.7 Å². The van der Waals surface area contributed by atoms with Crippen LogP contribution in [-0.2, 0) is 12.7 Å². The number of halogens is 3. The van der Waals surface area contributed by atoms with Crippen molar-refractivity contribution >= 4 is 22.5 Å². The number of rotatable bonds is 3. The zero-order valence-corrected chi connectivity index (χ0v) is 13.0. The van der Waals surface area contributed by atoms with Crippen molar-refractivity contribution in [1.82, 2.24) is 29.8 Å². The Kier molecular flexibility index (Phi) is 3.34. The summed E-state index contributed by atoms with van der Waals surface area (Å²) in [7, 11) is 0. The van der Waals surface area contributed by atoms with Gasteiger partial charge in [0.2, 0.25) is 0 Å². The lowest BCUT2D eigenvalue weighted by atomic mass is 10.2. The normalized spacial score (nSPS) is 12.2. The summed E-state index contributed by atoms with van der Waals surface area (Å²) < 4.78 is 39.3. The summed E-state index contributed by atoms with van der Waals surface area (Å²) in [6.45, 7) is 2.25. The van der Waals surface area contributed by atoms with Gasteiger partial charge in [0, 0.05) is 0 Å². The lowest BCUT2D eigenvalue weighted by Crippen LogP contribution is -2.13. The minimum atomic E-state index is -4.62. The monoisotopic (exact) mass is 347 g/mol. The molecule has 0 spiro atoms. The minimum absolute atomic E-state index is 0.0252. The molecule has 0 bridgehead atoms. The molecule has 128 valence electrons. The lowest BCUT2D eigenvalue weighted by Gasteiger charge is -2.06. The summed E-state index contributed by atoms with van der Waals surface area (Å²) in [5.74, 6) is -0.244. The summed E-state index contributed by atoms with van der Waals surface area (Å²) in [6, 6.07) is 8.75. The van der Waals surface area contributed by atoms with E-state index in [9.17, 15) is 13.2 Å². The second kappa shape index (κ2) is 5.43. The number of alkyl halides is 3. The fourth-order valence-electron chi connectivity index (χ4n) is 2.54. The average Bonchev–Trinajstić information content (AvgIpc) is 3.16. The van der Waals surface area contributed by atoms with Gasteiger partial charge in [-0.15, -0.1) is 15.3 Å². The highest BCUT2D eigenvalue weighted by atomic mass is 19.4. The van der Waals surface area contributed by atoms with Crippen LogP contribution in [0.1, 0.15) is 17.2 Å². The summed E-state index contributed by atoms with van der Waals surface area (Å²) in [6.07, 6.45) is -4.62. The molecule has 25 heavy (non-hydrogen) atoms. The Labute approximate surface area is 138 Å². The number of H-pyrrole nitrogens is 1. The van der Waals surface area contributed by atoms with Crippen LogP contribution in [0.4, 0.5) is 19.0 Å². The number of nitrogens with one attached hydrogen (secondary N) is 2. The van der Waals surface area contributed by atoms with Crippen LogP contribution in [0.5, 0.6) is 0 Å². The quantitative estimate of drug-likeness (QED) is 0.595. The number of aromatic amines is 1. The maximum Gasteiger partial charge on any atom is 0.453 e. The van der Waals surface area contributed by atoms with Crippen LogP contribution in [0, 0.1) is 6.92 Å². The van der Waals surface area contributed by atoms with E-state index in [1.54, 1.807) is 0 Å². The van der Waals surface area contributed by atoms with Gasteiger partial charge >= 0.3 is 6.18 Å². The van der Waals surface area contributed by atoms with Crippen molar-refractivity contribution < 1.29 is 13.2 Å². The van der Waals surface area contributed by atoms with Gasteiger partial charge in [-0.25, -0.2) is 4.98 Å². The maximum atomic E-state index is 12.9. The number of anilines is 1. The van der Waals surface area contributed by atoms with Crippen LogP contribution in [-0.4, -0.2) is 29.8 Å². The van der Waals surface area contributed by atoms with E-state index in [0.29, 0.717) is 10.3 Å². The minimum Gasteiger partial charge on any atom is -0.361 e.